The van der Waals surface area contributed by atoms with Crippen LogP contribution in [-0.2, 0) is 21.1 Å². The van der Waals surface area contributed by atoms with E-state index in [1.165, 1.54) is 50.9 Å². The summed E-state index contributed by atoms with van der Waals surface area (Å²) in [5.41, 5.74) is 2.38. The predicted molar refractivity (Wildman–Crippen MR) is 140 cm³/mol. The summed E-state index contributed by atoms with van der Waals surface area (Å²) in [6.45, 7) is 8.32. The Bertz CT molecular complexity index is 890. The second-order valence-corrected chi connectivity index (χ2v) is 13.8. The predicted octanol–water partition coefficient (Wildman–Crippen LogP) is 4.88. The van der Waals surface area contributed by atoms with Gasteiger partial charge in [-0.1, -0.05) is 18.6 Å². The zero-order valence-electron chi connectivity index (χ0n) is 21.3. The topological polar surface area (TPSA) is 57.7 Å². The van der Waals surface area contributed by atoms with Crippen LogP contribution in [0, 0.1) is 11.8 Å². The van der Waals surface area contributed by atoms with Gasteiger partial charge in [0.05, 0.1) is 11.0 Å². The number of anilines is 1. The molecule has 2 heterocycles. The van der Waals surface area contributed by atoms with Crippen molar-refractivity contribution in [3.63, 3.8) is 0 Å². The molecule has 1 aliphatic carbocycles. The summed E-state index contributed by atoms with van der Waals surface area (Å²) in [7, 11) is -3.00. The third-order valence-corrected chi connectivity index (χ3v) is 10.9. The lowest BCUT2D eigenvalue weighted by atomic mass is 9.79. The molecule has 0 aromatic heterocycles. The summed E-state index contributed by atoms with van der Waals surface area (Å²) >= 11 is 0. The number of ketones is 1. The van der Waals surface area contributed by atoms with Crippen LogP contribution >= 0.6 is 0 Å². The van der Waals surface area contributed by atoms with Gasteiger partial charge in [0.25, 0.3) is 0 Å². The van der Waals surface area contributed by atoms with E-state index in [9.17, 15) is 13.2 Å². The van der Waals surface area contributed by atoms with Crippen molar-refractivity contribution in [3.05, 3.63) is 29.8 Å². The third-order valence-electron chi connectivity index (χ3n) is 8.54. The van der Waals surface area contributed by atoms with Gasteiger partial charge in [0, 0.05) is 37.2 Å². The smallest absolute Gasteiger partial charge is 0.152 e. The van der Waals surface area contributed by atoms with Gasteiger partial charge in [-0.05, 0) is 102 Å². The standard InChI is InChI=1S/C28H44N2O3S/c1-22(2)34(32,33)21-24-6-10-25(11-7-24)28(31)20-23-8-12-26(13-9-23)30-18-14-27(15-19-30)29-16-4-3-5-17-29/h8-9,12-13,22,24-25,27H,3-7,10-11,14-21H2,1-2H3. The number of Topliss-reactive ketones (excluding diaryl/α,β-unsaturated/α-hetero) is 1. The van der Waals surface area contributed by atoms with Crippen LogP contribution in [0.2, 0.25) is 0 Å². The molecule has 3 fully saturated rings. The summed E-state index contributed by atoms with van der Waals surface area (Å²) in [5, 5.41) is -0.309. The maximum absolute atomic E-state index is 12.9. The van der Waals surface area contributed by atoms with E-state index in [-0.39, 0.29) is 22.8 Å². The molecule has 34 heavy (non-hydrogen) atoms. The second kappa shape index (κ2) is 11.6. The largest absolute Gasteiger partial charge is 0.371 e. The number of rotatable bonds is 8. The van der Waals surface area contributed by atoms with Crippen LogP contribution in [0.1, 0.15) is 77.2 Å². The fourth-order valence-corrected chi connectivity index (χ4v) is 7.49. The van der Waals surface area contributed by atoms with E-state index in [2.05, 4.69) is 34.1 Å². The van der Waals surface area contributed by atoms with E-state index < -0.39 is 9.84 Å². The fraction of sp³-hybridized carbons (Fsp3) is 0.750. The minimum absolute atomic E-state index is 0.0893. The van der Waals surface area contributed by atoms with Crippen molar-refractivity contribution in [1.82, 2.24) is 4.90 Å². The summed E-state index contributed by atoms with van der Waals surface area (Å²) in [6, 6.07) is 9.40. The van der Waals surface area contributed by atoms with Crippen LogP contribution < -0.4 is 4.90 Å². The molecule has 0 radical (unpaired) electrons. The number of likely N-dealkylation sites (tertiary alicyclic amines) is 1. The summed E-state index contributed by atoms with van der Waals surface area (Å²) in [4.78, 5) is 18.1. The Morgan fingerprint density at radius 2 is 1.50 bits per heavy atom. The molecular formula is C28H44N2O3S. The highest BCUT2D eigenvalue weighted by atomic mass is 32.2. The van der Waals surface area contributed by atoms with Crippen molar-refractivity contribution >= 4 is 21.3 Å². The maximum Gasteiger partial charge on any atom is 0.152 e. The molecule has 0 spiro atoms. The van der Waals surface area contributed by atoms with Crippen molar-refractivity contribution < 1.29 is 13.2 Å². The molecule has 1 aromatic rings. The number of hydrogen-bond acceptors (Lipinski definition) is 5. The highest BCUT2D eigenvalue weighted by molar-refractivity contribution is 7.91. The number of benzene rings is 1. The molecule has 0 bridgehead atoms. The van der Waals surface area contributed by atoms with Gasteiger partial charge in [-0.25, -0.2) is 8.42 Å². The SMILES string of the molecule is CC(C)S(=O)(=O)CC1CCC(C(=O)Cc2ccc(N3CCC(N4CCCCC4)CC3)cc2)CC1. The van der Waals surface area contributed by atoms with Crippen molar-refractivity contribution in [2.45, 2.75) is 89.3 Å². The normalized spacial score (nSPS) is 25.6. The van der Waals surface area contributed by atoms with E-state index in [4.69, 9.17) is 0 Å². The Morgan fingerprint density at radius 1 is 0.882 bits per heavy atom. The molecule has 6 heteroatoms. The van der Waals surface area contributed by atoms with E-state index >= 15 is 0 Å². The number of carbonyl (C=O) groups excluding carboxylic acids is 1. The lowest BCUT2D eigenvalue weighted by Gasteiger charge is -2.41. The molecule has 4 rings (SSSR count). The number of piperidine rings is 2. The quantitative estimate of drug-likeness (QED) is 0.522. The van der Waals surface area contributed by atoms with Crippen LogP contribution in [0.15, 0.2) is 24.3 Å². The molecular weight excluding hydrogens is 444 g/mol. The van der Waals surface area contributed by atoms with Crippen molar-refractivity contribution in [1.29, 1.82) is 0 Å². The highest BCUT2D eigenvalue weighted by Gasteiger charge is 2.30. The van der Waals surface area contributed by atoms with Gasteiger partial charge < -0.3 is 9.80 Å². The molecule has 0 unspecified atom stereocenters. The molecule has 1 aromatic carbocycles. The second-order valence-electron chi connectivity index (χ2n) is 11.2. The Balaban J connectivity index is 1.21. The number of carbonyl (C=O) groups is 1. The Hall–Kier alpha value is -1.40. The Labute approximate surface area is 207 Å². The molecule has 0 amide bonds. The number of sulfone groups is 1. The first-order chi connectivity index (χ1) is 16.3. The van der Waals surface area contributed by atoms with E-state index in [1.807, 2.05) is 0 Å². The average molecular weight is 489 g/mol. The van der Waals surface area contributed by atoms with Gasteiger partial charge in [-0.3, -0.25) is 4.79 Å². The molecule has 2 aliphatic heterocycles. The van der Waals surface area contributed by atoms with Crippen LogP contribution in [0.5, 0.6) is 0 Å². The van der Waals surface area contributed by atoms with Gasteiger partial charge in [0.1, 0.15) is 5.78 Å². The monoisotopic (exact) mass is 488 g/mol. The van der Waals surface area contributed by atoms with Gasteiger partial charge in [-0.2, -0.15) is 0 Å². The third kappa shape index (κ3) is 6.63. The molecule has 190 valence electrons. The zero-order valence-corrected chi connectivity index (χ0v) is 22.1. The molecule has 0 N–H and O–H groups in total. The summed E-state index contributed by atoms with van der Waals surface area (Å²) < 4.78 is 24.4. The lowest BCUT2D eigenvalue weighted by Crippen LogP contribution is -2.46. The fourth-order valence-electron chi connectivity index (χ4n) is 6.11. The van der Waals surface area contributed by atoms with Crippen LogP contribution in [0.3, 0.4) is 0 Å². The van der Waals surface area contributed by atoms with Crippen LogP contribution in [-0.4, -0.2) is 62.3 Å². The van der Waals surface area contributed by atoms with E-state index in [0.717, 1.165) is 50.4 Å². The Morgan fingerprint density at radius 3 is 2.09 bits per heavy atom. The molecule has 1 saturated carbocycles. The summed E-state index contributed by atoms with van der Waals surface area (Å²) in [5.74, 6) is 0.907. The van der Waals surface area contributed by atoms with Crippen LogP contribution in [0.25, 0.3) is 0 Å². The molecule has 0 atom stereocenters. The molecule has 3 aliphatic rings. The summed E-state index contributed by atoms with van der Waals surface area (Å²) in [6.07, 6.45) is 10.5. The maximum atomic E-state index is 12.9. The Kier molecular flexibility index (Phi) is 8.73. The average Bonchev–Trinajstić information content (AvgIpc) is 2.85. The minimum Gasteiger partial charge on any atom is -0.371 e. The van der Waals surface area contributed by atoms with E-state index in [0.29, 0.717) is 12.2 Å². The van der Waals surface area contributed by atoms with Gasteiger partial charge in [-0.15, -0.1) is 0 Å². The van der Waals surface area contributed by atoms with Crippen molar-refractivity contribution in [2.75, 3.05) is 36.8 Å². The first-order valence-electron chi connectivity index (χ1n) is 13.6. The highest BCUT2D eigenvalue weighted by Crippen LogP contribution is 2.32. The lowest BCUT2D eigenvalue weighted by molar-refractivity contribution is -0.123. The molecule has 5 nitrogen and oxygen atoms in total. The minimum atomic E-state index is -3.00. The van der Waals surface area contributed by atoms with Crippen molar-refractivity contribution in [2.24, 2.45) is 11.8 Å². The van der Waals surface area contributed by atoms with Crippen molar-refractivity contribution in [3.8, 4) is 0 Å². The number of nitrogens with zero attached hydrogens (tertiary/aromatic N) is 2. The zero-order chi connectivity index (χ0) is 24.1. The number of hydrogen-bond donors (Lipinski definition) is 0. The van der Waals surface area contributed by atoms with Gasteiger partial charge in [0.15, 0.2) is 9.84 Å². The first kappa shape index (κ1) is 25.7. The van der Waals surface area contributed by atoms with E-state index in [1.54, 1.807) is 13.8 Å². The first-order valence-corrected chi connectivity index (χ1v) is 15.4. The van der Waals surface area contributed by atoms with Gasteiger partial charge >= 0.3 is 0 Å². The molecule has 2 saturated heterocycles. The van der Waals surface area contributed by atoms with Gasteiger partial charge in [0.2, 0.25) is 0 Å². The van der Waals surface area contributed by atoms with Crippen LogP contribution in [0.4, 0.5) is 5.69 Å².